The first-order valence-electron chi connectivity index (χ1n) is 8.90. The summed E-state index contributed by atoms with van der Waals surface area (Å²) in [6, 6.07) is 12.9. The molecule has 0 amide bonds. The number of hydrogen-bond donors (Lipinski definition) is 0. The van der Waals surface area contributed by atoms with Gasteiger partial charge in [0.15, 0.2) is 0 Å². The SMILES string of the molecule is COC(=O)C1=C(C(=O)OC)C2(O[C@@H]1c1ccc(Br)cc1)C(=O)c1ccccc1C2=O. The Morgan fingerprint density at radius 3 is 1.93 bits per heavy atom. The minimum atomic E-state index is -2.31. The van der Waals surface area contributed by atoms with E-state index in [9.17, 15) is 19.2 Å². The van der Waals surface area contributed by atoms with Crippen molar-refractivity contribution in [2.75, 3.05) is 14.2 Å². The van der Waals surface area contributed by atoms with Crippen LogP contribution in [0.15, 0.2) is 64.1 Å². The Balaban J connectivity index is 2.01. The monoisotopic (exact) mass is 470 g/mol. The fourth-order valence-electron chi connectivity index (χ4n) is 3.86. The molecule has 2 aliphatic rings. The van der Waals surface area contributed by atoms with Crippen molar-refractivity contribution >= 4 is 39.4 Å². The molecule has 0 bridgehead atoms. The van der Waals surface area contributed by atoms with Crippen LogP contribution in [0.2, 0.25) is 0 Å². The topological polar surface area (TPSA) is 96.0 Å². The predicted octanol–water partition coefficient (Wildman–Crippen LogP) is 2.98. The molecule has 0 radical (unpaired) electrons. The third-order valence-electron chi connectivity index (χ3n) is 5.20. The summed E-state index contributed by atoms with van der Waals surface area (Å²) in [5, 5.41) is 0. The summed E-state index contributed by atoms with van der Waals surface area (Å²) < 4.78 is 16.5. The van der Waals surface area contributed by atoms with Crippen molar-refractivity contribution in [1.82, 2.24) is 0 Å². The van der Waals surface area contributed by atoms with E-state index >= 15 is 0 Å². The van der Waals surface area contributed by atoms with E-state index in [2.05, 4.69) is 15.9 Å². The second-order valence-electron chi connectivity index (χ2n) is 6.71. The van der Waals surface area contributed by atoms with Gasteiger partial charge in [-0.3, -0.25) is 9.59 Å². The number of fused-ring (bicyclic) bond motifs is 1. The van der Waals surface area contributed by atoms with Crippen LogP contribution < -0.4 is 0 Å². The van der Waals surface area contributed by atoms with E-state index in [1.165, 1.54) is 12.1 Å². The van der Waals surface area contributed by atoms with Crippen molar-refractivity contribution in [3.63, 3.8) is 0 Å². The van der Waals surface area contributed by atoms with Crippen LogP contribution in [0.25, 0.3) is 0 Å². The van der Waals surface area contributed by atoms with E-state index in [4.69, 9.17) is 14.2 Å². The largest absolute Gasteiger partial charge is 0.466 e. The van der Waals surface area contributed by atoms with Gasteiger partial charge in [-0.25, -0.2) is 9.59 Å². The highest BCUT2D eigenvalue weighted by Crippen LogP contribution is 2.51. The molecule has 152 valence electrons. The zero-order valence-corrected chi connectivity index (χ0v) is 17.5. The van der Waals surface area contributed by atoms with Crippen molar-refractivity contribution < 1.29 is 33.4 Å². The molecule has 2 aromatic carbocycles. The Hall–Kier alpha value is -3.10. The molecule has 0 N–H and O–H groups in total. The van der Waals surface area contributed by atoms with Crippen LogP contribution in [0.1, 0.15) is 32.4 Å². The van der Waals surface area contributed by atoms with E-state index < -0.39 is 40.8 Å². The van der Waals surface area contributed by atoms with Gasteiger partial charge in [0.1, 0.15) is 6.10 Å². The maximum absolute atomic E-state index is 13.4. The van der Waals surface area contributed by atoms with Crippen molar-refractivity contribution in [3.8, 4) is 0 Å². The second kappa shape index (κ2) is 7.30. The Bertz CT molecular complexity index is 1100. The van der Waals surface area contributed by atoms with E-state index in [1.54, 1.807) is 36.4 Å². The summed E-state index contributed by atoms with van der Waals surface area (Å²) in [6.07, 6.45) is -1.18. The Labute approximate surface area is 179 Å². The number of carbonyl (C=O) groups is 4. The number of ketones is 2. The smallest absolute Gasteiger partial charge is 0.338 e. The average molecular weight is 471 g/mol. The van der Waals surface area contributed by atoms with Gasteiger partial charge >= 0.3 is 11.9 Å². The summed E-state index contributed by atoms with van der Waals surface area (Å²) in [5.41, 5.74) is -2.29. The van der Waals surface area contributed by atoms with Crippen molar-refractivity contribution in [1.29, 1.82) is 0 Å². The fraction of sp³-hybridized carbons (Fsp3) is 0.182. The summed E-state index contributed by atoms with van der Waals surface area (Å²) in [5.74, 6) is -3.34. The standard InChI is InChI=1S/C22H15BrO7/c1-28-20(26)15-16(21(27)29-2)22(30-17(15)11-7-9-12(23)10-8-11)18(24)13-5-3-4-6-14(13)19(22)25/h3-10,17H,1-2H3/t17-/m1/s1. The van der Waals surface area contributed by atoms with Crippen LogP contribution in [-0.2, 0) is 23.8 Å². The molecule has 1 atom stereocenters. The predicted molar refractivity (Wildman–Crippen MR) is 107 cm³/mol. The zero-order valence-electron chi connectivity index (χ0n) is 15.9. The molecule has 7 nitrogen and oxygen atoms in total. The van der Waals surface area contributed by atoms with Crippen molar-refractivity contribution in [2.45, 2.75) is 11.7 Å². The Kier molecular flexibility index (Phi) is 4.91. The molecule has 30 heavy (non-hydrogen) atoms. The quantitative estimate of drug-likeness (QED) is 0.502. The van der Waals surface area contributed by atoms with Gasteiger partial charge < -0.3 is 14.2 Å². The lowest BCUT2D eigenvalue weighted by Gasteiger charge is -2.23. The van der Waals surface area contributed by atoms with Crippen LogP contribution in [-0.4, -0.2) is 43.3 Å². The van der Waals surface area contributed by atoms with Crippen molar-refractivity contribution in [3.05, 3.63) is 80.8 Å². The third kappa shape index (κ3) is 2.68. The van der Waals surface area contributed by atoms with Crippen LogP contribution in [0.3, 0.4) is 0 Å². The summed E-state index contributed by atoms with van der Waals surface area (Å²) in [7, 11) is 2.24. The lowest BCUT2D eigenvalue weighted by molar-refractivity contribution is -0.139. The molecule has 4 rings (SSSR count). The first kappa shape index (κ1) is 20.2. The van der Waals surface area contributed by atoms with E-state index in [1.807, 2.05) is 0 Å². The van der Waals surface area contributed by atoms with Gasteiger partial charge in [-0.15, -0.1) is 0 Å². The first-order chi connectivity index (χ1) is 14.4. The normalized spacial score (nSPS) is 19.2. The summed E-state index contributed by atoms with van der Waals surface area (Å²) >= 11 is 3.33. The summed E-state index contributed by atoms with van der Waals surface area (Å²) in [4.78, 5) is 52.3. The molecule has 1 heterocycles. The lowest BCUT2D eigenvalue weighted by Crippen LogP contribution is -2.46. The number of methoxy groups -OCH3 is 2. The number of ether oxygens (including phenoxy) is 3. The zero-order chi connectivity index (χ0) is 21.6. The molecule has 8 heteroatoms. The van der Waals surface area contributed by atoms with Crippen LogP contribution >= 0.6 is 15.9 Å². The number of benzene rings is 2. The maximum atomic E-state index is 13.4. The van der Waals surface area contributed by atoms with Gasteiger partial charge in [-0.1, -0.05) is 52.3 Å². The molecule has 2 aromatic rings. The first-order valence-corrected chi connectivity index (χ1v) is 9.69. The second-order valence-corrected chi connectivity index (χ2v) is 7.62. The molecular weight excluding hydrogens is 456 g/mol. The van der Waals surface area contributed by atoms with Crippen LogP contribution in [0.4, 0.5) is 0 Å². The molecule has 1 aliphatic carbocycles. The highest BCUT2D eigenvalue weighted by atomic mass is 79.9. The Morgan fingerprint density at radius 1 is 0.900 bits per heavy atom. The third-order valence-corrected chi connectivity index (χ3v) is 5.73. The number of halogens is 1. The Morgan fingerprint density at radius 2 is 1.43 bits per heavy atom. The van der Waals surface area contributed by atoms with E-state index in [0.717, 1.165) is 18.7 Å². The lowest BCUT2D eigenvalue weighted by atomic mass is 9.86. The highest BCUT2D eigenvalue weighted by Gasteiger charge is 2.66. The van der Waals surface area contributed by atoms with Crippen molar-refractivity contribution in [2.24, 2.45) is 0 Å². The fourth-order valence-corrected chi connectivity index (χ4v) is 4.12. The molecule has 1 aliphatic heterocycles. The molecule has 0 saturated heterocycles. The van der Waals surface area contributed by atoms with Gasteiger partial charge in [0.05, 0.1) is 25.4 Å². The van der Waals surface area contributed by atoms with Gasteiger partial charge in [0, 0.05) is 15.6 Å². The molecule has 0 saturated carbocycles. The molecule has 0 aromatic heterocycles. The number of rotatable bonds is 3. The highest BCUT2D eigenvalue weighted by molar-refractivity contribution is 9.10. The minimum Gasteiger partial charge on any atom is -0.466 e. The van der Waals surface area contributed by atoms with E-state index in [-0.39, 0.29) is 16.7 Å². The summed E-state index contributed by atoms with van der Waals surface area (Å²) in [6.45, 7) is 0. The van der Waals surface area contributed by atoms with E-state index in [0.29, 0.717) is 5.56 Å². The molecular formula is C22H15BrO7. The van der Waals surface area contributed by atoms with Crippen LogP contribution in [0.5, 0.6) is 0 Å². The minimum absolute atomic E-state index is 0.115. The van der Waals surface area contributed by atoms with Crippen LogP contribution in [0, 0.1) is 0 Å². The molecule has 0 fully saturated rings. The molecule has 0 unspecified atom stereocenters. The molecule has 1 spiro atoms. The number of Topliss-reactive ketones (excluding diaryl/α,β-unsaturated/α-hetero) is 2. The van der Waals surface area contributed by atoms with Gasteiger partial charge in [0.25, 0.3) is 0 Å². The number of carbonyl (C=O) groups excluding carboxylic acids is 4. The average Bonchev–Trinajstić information content (AvgIpc) is 3.23. The maximum Gasteiger partial charge on any atom is 0.338 e. The number of hydrogen-bond acceptors (Lipinski definition) is 7. The van der Waals surface area contributed by atoms with Gasteiger partial charge in [0.2, 0.25) is 17.2 Å². The van der Waals surface area contributed by atoms with Gasteiger partial charge in [-0.05, 0) is 17.7 Å². The number of esters is 2. The van der Waals surface area contributed by atoms with Gasteiger partial charge in [-0.2, -0.15) is 0 Å².